The Morgan fingerprint density at radius 2 is 1.32 bits per heavy atom. The van der Waals surface area contributed by atoms with Gasteiger partial charge in [0.15, 0.2) is 29.7 Å². The van der Waals surface area contributed by atoms with Crippen LogP contribution >= 0.6 is 0 Å². The second-order valence-electron chi connectivity index (χ2n) is 7.68. The summed E-state index contributed by atoms with van der Waals surface area (Å²) >= 11 is 0. The lowest BCUT2D eigenvalue weighted by Gasteiger charge is -2.20. The standard InChI is InChI=1S/C26H28N2O10/c1-33-13-38-18-10-20(35-3)19(34-2)9-17(18)22-21(14-6-7-15(11-29)16(8-14)12-30)23(25(31)36-4)27-28-24(22)26(32)37-5/h6-10,29-30H,11-13H2,1-5H3. The van der Waals surface area contributed by atoms with Gasteiger partial charge in [-0.05, 0) is 28.8 Å². The number of aromatic nitrogens is 2. The van der Waals surface area contributed by atoms with E-state index in [4.69, 9.17) is 28.4 Å². The van der Waals surface area contributed by atoms with E-state index in [-0.39, 0.29) is 53.0 Å². The van der Waals surface area contributed by atoms with Crippen LogP contribution in [0.2, 0.25) is 0 Å². The molecule has 0 saturated carbocycles. The third kappa shape index (κ3) is 5.52. The monoisotopic (exact) mass is 528 g/mol. The minimum absolute atomic E-state index is 0.111. The number of nitrogens with zero attached hydrogens (tertiary/aromatic N) is 2. The van der Waals surface area contributed by atoms with Crippen LogP contribution in [0.15, 0.2) is 30.3 Å². The van der Waals surface area contributed by atoms with E-state index in [0.29, 0.717) is 22.4 Å². The second-order valence-corrected chi connectivity index (χ2v) is 7.68. The zero-order valence-electron chi connectivity index (χ0n) is 21.6. The Morgan fingerprint density at radius 3 is 1.84 bits per heavy atom. The molecule has 2 aromatic carbocycles. The molecular weight excluding hydrogens is 500 g/mol. The van der Waals surface area contributed by atoms with E-state index in [9.17, 15) is 19.8 Å². The average Bonchev–Trinajstić information content (AvgIpc) is 2.97. The van der Waals surface area contributed by atoms with E-state index in [0.717, 1.165) is 0 Å². The number of benzene rings is 2. The summed E-state index contributed by atoms with van der Waals surface area (Å²) in [6, 6.07) is 7.84. The van der Waals surface area contributed by atoms with Crippen molar-refractivity contribution in [3.05, 3.63) is 52.8 Å². The predicted octanol–water partition coefficient (Wildman–Crippen LogP) is 2.37. The molecule has 38 heavy (non-hydrogen) atoms. The predicted molar refractivity (Wildman–Crippen MR) is 133 cm³/mol. The number of rotatable bonds is 11. The molecule has 0 radical (unpaired) electrons. The van der Waals surface area contributed by atoms with Gasteiger partial charge in [-0.2, -0.15) is 0 Å². The van der Waals surface area contributed by atoms with Crippen LogP contribution in [0.1, 0.15) is 32.1 Å². The second kappa shape index (κ2) is 12.8. The number of carbonyl (C=O) groups excluding carboxylic acids is 2. The summed E-state index contributed by atoms with van der Waals surface area (Å²) in [6.45, 7) is -0.874. The molecule has 0 atom stereocenters. The van der Waals surface area contributed by atoms with Crippen molar-refractivity contribution in [1.82, 2.24) is 10.2 Å². The van der Waals surface area contributed by atoms with Crippen molar-refractivity contribution in [1.29, 1.82) is 0 Å². The fourth-order valence-electron chi connectivity index (χ4n) is 3.84. The molecule has 2 N–H and O–H groups in total. The summed E-state index contributed by atoms with van der Waals surface area (Å²) in [6.07, 6.45) is 0. The molecule has 0 aliphatic heterocycles. The van der Waals surface area contributed by atoms with E-state index >= 15 is 0 Å². The molecule has 0 spiro atoms. The number of hydrogen-bond acceptors (Lipinski definition) is 12. The fraction of sp³-hybridized carbons (Fsp3) is 0.308. The number of hydrogen-bond donors (Lipinski definition) is 2. The van der Waals surface area contributed by atoms with Crippen molar-refractivity contribution in [3.63, 3.8) is 0 Å². The lowest BCUT2D eigenvalue weighted by atomic mass is 9.89. The maximum atomic E-state index is 12.9. The Kier molecular flexibility index (Phi) is 9.55. The van der Waals surface area contributed by atoms with Gasteiger partial charge in [0.25, 0.3) is 0 Å². The van der Waals surface area contributed by atoms with Crippen molar-refractivity contribution in [2.45, 2.75) is 13.2 Å². The van der Waals surface area contributed by atoms with Gasteiger partial charge in [-0.15, -0.1) is 10.2 Å². The van der Waals surface area contributed by atoms with Gasteiger partial charge in [0.05, 0.1) is 41.7 Å². The number of esters is 2. The first-order valence-electron chi connectivity index (χ1n) is 11.2. The van der Waals surface area contributed by atoms with Crippen LogP contribution in [0.25, 0.3) is 22.3 Å². The van der Waals surface area contributed by atoms with Gasteiger partial charge in [0, 0.05) is 29.9 Å². The van der Waals surface area contributed by atoms with Crippen molar-refractivity contribution < 1.29 is 48.2 Å². The van der Waals surface area contributed by atoms with Crippen LogP contribution in [-0.2, 0) is 27.4 Å². The van der Waals surface area contributed by atoms with E-state index in [1.165, 1.54) is 41.6 Å². The normalized spacial score (nSPS) is 10.6. The van der Waals surface area contributed by atoms with Crippen molar-refractivity contribution in [2.24, 2.45) is 0 Å². The van der Waals surface area contributed by atoms with E-state index < -0.39 is 18.5 Å². The first-order valence-corrected chi connectivity index (χ1v) is 11.2. The third-order valence-electron chi connectivity index (χ3n) is 5.65. The first-order chi connectivity index (χ1) is 18.4. The quantitative estimate of drug-likeness (QED) is 0.277. The van der Waals surface area contributed by atoms with Gasteiger partial charge >= 0.3 is 11.9 Å². The maximum absolute atomic E-state index is 12.9. The minimum atomic E-state index is -0.841. The van der Waals surface area contributed by atoms with Crippen molar-refractivity contribution >= 4 is 11.9 Å². The molecule has 0 aliphatic rings. The summed E-state index contributed by atoms with van der Waals surface area (Å²) in [4.78, 5) is 25.8. The highest BCUT2D eigenvalue weighted by Gasteiger charge is 2.30. The molecule has 202 valence electrons. The van der Waals surface area contributed by atoms with Gasteiger partial charge in [0.1, 0.15) is 5.75 Å². The Morgan fingerprint density at radius 1 is 0.737 bits per heavy atom. The molecule has 3 rings (SSSR count). The van der Waals surface area contributed by atoms with E-state index in [2.05, 4.69) is 10.2 Å². The molecule has 3 aromatic rings. The Bertz CT molecular complexity index is 1330. The van der Waals surface area contributed by atoms with Gasteiger partial charge in [-0.3, -0.25) is 0 Å². The van der Waals surface area contributed by atoms with Gasteiger partial charge in [-0.1, -0.05) is 12.1 Å². The van der Waals surface area contributed by atoms with Crippen LogP contribution in [-0.4, -0.2) is 74.7 Å². The molecule has 0 unspecified atom stereocenters. The van der Waals surface area contributed by atoms with Crippen molar-refractivity contribution in [2.75, 3.05) is 42.3 Å². The molecule has 1 heterocycles. The lowest BCUT2D eigenvalue weighted by Crippen LogP contribution is -2.16. The largest absolute Gasteiger partial charge is 0.493 e. The smallest absolute Gasteiger partial charge is 0.359 e. The average molecular weight is 529 g/mol. The molecule has 0 bridgehead atoms. The zero-order chi connectivity index (χ0) is 27.8. The van der Waals surface area contributed by atoms with Crippen LogP contribution in [0.4, 0.5) is 0 Å². The number of aliphatic hydroxyl groups excluding tert-OH is 2. The molecule has 0 aliphatic carbocycles. The zero-order valence-corrected chi connectivity index (χ0v) is 21.6. The summed E-state index contributed by atoms with van der Waals surface area (Å²) in [5.74, 6) is -0.853. The highest BCUT2D eigenvalue weighted by atomic mass is 16.7. The van der Waals surface area contributed by atoms with Crippen molar-refractivity contribution in [3.8, 4) is 39.5 Å². The van der Waals surface area contributed by atoms with E-state index in [1.807, 2.05) is 0 Å². The van der Waals surface area contributed by atoms with Crippen LogP contribution < -0.4 is 14.2 Å². The van der Waals surface area contributed by atoms with Crippen LogP contribution in [0.5, 0.6) is 17.2 Å². The summed E-state index contributed by atoms with van der Waals surface area (Å²) in [7, 11) is 6.68. The first kappa shape index (κ1) is 28.3. The summed E-state index contributed by atoms with van der Waals surface area (Å²) in [5, 5.41) is 27.6. The summed E-state index contributed by atoms with van der Waals surface area (Å²) in [5.41, 5.74) is 1.31. The SMILES string of the molecule is COCOc1cc(OC)c(OC)cc1-c1c(C(=O)OC)nnc(C(=O)OC)c1-c1ccc(CO)c(CO)c1. The van der Waals surface area contributed by atoms with Crippen LogP contribution in [0.3, 0.4) is 0 Å². The molecule has 0 saturated heterocycles. The third-order valence-corrected chi connectivity index (χ3v) is 5.65. The molecule has 1 aromatic heterocycles. The Labute approximate surface area is 218 Å². The summed E-state index contributed by atoms with van der Waals surface area (Å²) < 4.78 is 31.7. The lowest BCUT2D eigenvalue weighted by molar-refractivity contribution is 0.0513. The van der Waals surface area contributed by atoms with Gasteiger partial charge in [0.2, 0.25) is 0 Å². The molecule has 0 fully saturated rings. The number of ether oxygens (including phenoxy) is 6. The Balaban J connectivity index is 2.55. The number of methoxy groups -OCH3 is 5. The minimum Gasteiger partial charge on any atom is -0.493 e. The molecule has 12 heteroatoms. The molecular formula is C26H28N2O10. The fourth-order valence-corrected chi connectivity index (χ4v) is 3.84. The molecule has 0 amide bonds. The van der Waals surface area contributed by atoms with Crippen LogP contribution in [0, 0.1) is 0 Å². The topological polar surface area (TPSA) is 156 Å². The molecule has 12 nitrogen and oxygen atoms in total. The number of aliphatic hydroxyl groups is 2. The highest BCUT2D eigenvalue weighted by molar-refractivity contribution is 6.07. The maximum Gasteiger partial charge on any atom is 0.359 e. The van der Waals surface area contributed by atoms with Gasteiger partial charge < -0.3 is 38.6 Å². The Hall–Kier alpha value is -4.26. The van der Waals surface area contributed by atoms with Gasteiger partial charge in [-0.25, -0.2) is 9.59 Å². The number of carbonyl (C=O) groups is 2. The highest BCUT2D eigenvalue weighted by Crippen LogP contribution is 2.45. The van der Waals surface area contributed by atoms with E-state index in [1.54, 1.807) is 24.3 Å².